The van der Waals surface area contributed by atoms with E-state index in [-0.39, 0.29) is 17.6 Å². The van der Waals surface area contributed by atoms with Gasteiger partial charge in [-0.2, -0.15) is 0 Å². The van der Waals surface area contributed by atoms with Gasteiger partial charge in [-0.05, 0) is 24.3 Å². The molecule has 0 bridgehead atoms. The van der Waals surface area contributed by atoms with Crippen LogP contribution in [0.25, 0.3) is 0 Å². The normalized spacial score (nSPS) is 13.9. The first-order valence-electron chi connectivity index (χ1n) is 8.39. The molecule has 0 saturated carbocycles. The maximum Gasteiger partial charge on any atom is 0.321 e. The number of piperazine rings is 1. The third-order valence-electron chi connectivity index (χ3n) is 4.27. The average Bonchev–Trinajstić information content (AvgIpc) is 2.67. The van der Waals surface area contributed by atoms with E-state index in [0.29, 0.717) is 47.5 Å². The number of nitrogens with zero attached hydrogens (tertiary/aromatic N) is 3. The van der Waals surface area contributed by atoms with E-state index in [0.717, 1.165) is 0 Å². The molecule has 1 fully saturated rings. The molecule has 3 rings (SSSR count). The standard InChI is InChI=1S/C18H16Cl2N4O4/c19-13-8-12(9-14(20)10-13)17(25)22-4-6-23(7-5-22)18(26)21-15-2-1-3-16(11-15)24(27)28/h1-3,8-11H,4-7H2,(H,21,26). The van der Waals surface area contributed by atoms with Crippen molar-refractivity contribution in [1.82, 2.24) is 9.80 Å². The Bertz CT molecular complexity index is 909. The molecule has 1 heterocycles. The first-order valence-corrected chi connectivity index (χ1v) is 9.15. The van der Waals surface area contributed by atoms with E-state index in [2.05, 4.69) is 5.32 Å². The molecule has 146 valence electrons. The van der Waals surface area contributed by atoms with Gasteiger partial charge in [0.1, 0.15) is 0 Å². The Balaban J connectivity index is 1.58. The molecule has 0 aromatic heterocycles. The monoisotopic (exact) mass is 422 g/mol. The second kappa shape index (κ2) is 8.45. The average molecular weight is 423 g/mol. The number of nitro groups is 1. The molecular formula is C18H16Cl2N4O4. The Morgan fingerprint density at radius 3 is 2.18 bits per heavy atom. The zero-order chi connectivity index (χ0) is 20.3. The van der Waals surface area contributed by atoms with Gasteiger partial charge < -0.3 is 15.1 Å². The summed E-state index contributed by atoms with van der Waals surface area (Å²) in [5, 5.41) is 14.2. The first kappa shape index (κ1) is 19.9. The Kier molecular flexibility index (Phi) is 6.01. The van der Waals surface area contributed by atoms with Gasteiger partial charge >= 0.3 is 6.03 Å². The number of carbonyl (C=O) groups is 2. The van der Waals surface area contributed by atoms with Crippen molar-refractivity contribution in [3.63, 3.8) is 0 Å². The van der Waals surface area contributed by atoms with Gasteiger partial charge in [-0.3, -0.25) is 14.9 Å². The first-order chi connectivity index (χ1) is 13.3. The summed E-state index contributed by atoms with van der Waals surface area (Å²) in [5.41, 5.74) is 0.631. The Morgan fingerprint density at radius 2 is 1.57 bits per heavy atom. The zero-order valence-electron chi connectivity index (χ0n) is 14.6. The smallest absolute Gasteiger partial charge is 0.321 e. The van der Waals surface area contributed by atoms with Crippen LogP contribution in [0, 0.1) is 10.1 Å². The summed E-state index contributed by atoms with van der Waals surface area (Å²) < 4.78 is 0. The van der Waals surface area contributed by atoms with Crippen LogP contribution in [0.15, 0.2) is 42.5 Å². The van der Waals surface area contributed by atoms with Crippen LogP contribution in [0.1, 0.15) is 10.4 Å². The largest absolute Gasteiger partial charge is 0.335 e. The number of anilines is 1. The number of hydrogen-bond donors (Lipinski definition) is 1. The molecule has 8 nitrogen and oxygen atoms in total. The summed E-state index contributed by atoms with van der Waals surface area (Å²) in [5.74, 6) is -0.205. The SMILES string of the molecule is O=C(Nc1cccc([N+](=O)[O-])c1)N1CCN(C(=O)c2cc(Cl)cc(Cl)c2)CC1. The van der Waals surface area contributed by atoms with Crippen LogP contribution in [-0.4, -0.2) is 52.8 Å². The predicted molar refractivity (Wildman–Crippen MR) is 106 cm³/mol. The molecule has 10 heteroatoms. The van der Waals surface area contributed by atoms with E-state index >= 15 is 0 Å². The van der Waals surface area contributed by atoms with Gasteiger partial charge in [0.25, 0.3) is 11.6 Å². The molecule has 0 aliphatic carbocycles. The number of nitrogens with one attached hydrogen (secondary N) is 1. The number of halogens is 2. The van der Waals surface area contributed by atoms with E-state index in [4.69, 9.17) is 23.2 Å². The fraction of sp³-hybridized carbons (Fsp3) is 0.222. The van der Waals surface area contributed by atoms with E-state index in [1.54, 1.807) is 34.1 Å². The molecule has 28 heavy (non-hydrogen) atoms. The number of urea groups is 1. The number of carbonyl (C=O) groups excluding carboxylic acids is 2. The molecule has 0 radical (unpaired) electrons. The van der Waals surface area contributed by atoms with E-state index in [1.807, 2.05) is 0 Å². The van der Waals surface area contributed by atoms with Gasteiger partial charge in [0.2, 0.25) is 0 Å². The number of amides is 3. The van der Waals surface area contributed by atoms with Crippen LogP contribution in [0.5, 0.6) is 0 Å². The highest BCUT2D eigenvalue weighted by Crippen LogP contribution is 2.21. The highest BCUT2D eigenvalue weighted by molar-refractivity contribution is 6.35. The second-order valence-electron chi connectivity index (χ2n) is 6.17. The molecule has 1 aliphatic rings. The molecular weight excluding hydrogens is 407 g/mol. The fourth-order valence-corrected chi connectivity index (χ4v) is 3.40. The van der Waals surface area contributed by atoms with Crippen LogP contribution >= 0.6 is 23.2 Å². The molecule has 1 saturated heterocycles. The summed E-state index contributed by atoms with van der Waals surface area (Å²) in [6, 6.07) is 10.00. The molecule has 1 N–H and O–H groups in total. The van der Waals surface area contributed by atoms with Gasteiger partial charge in [0.15, 0.2) is 0 Å². The molecule has 0 atom stereocenters. The summed E-state index contributed by atoms with van der Waals surface area (Å²) in [6.07, 6.45) is 0. The molecule has 0 unspecified atom stereocenters. The summed E-state index contributed by atoms with van der Waals surface area (Å²) in [7, 11) is 0. The highest BCUT2D eigenvalue weighted by atomic mass is 35.5. The van der Waals surface area contributed by atoms with Crippen LogP contribution in [0.4, 0.5) is 16.2 Å². The third kappa shape index (κ3) is 4.71. The maximum absolute atomic E-state index is 12.6. The zero-order valence-corrected chi connectivity index (χ0v) is 16.1. The molecule has 2 aromatic rings. The number of non-ortho nitro benzene ring substituents is 1. The van der Waals surface area contributed by atoms with Gasteiger partial charge in [-0.15, -0.1) is 0 Å². The third-order valence-corrected chi connectivity index (χ3v) is 4.71. The predicted octanol–water partition coefficient (Wildman–Crippen LogP) is 3.89. The van der Waals surface area contributed by atoms with Gasteiger partial charge in [-0.1, -0.05) is 29.3 Å². The summed E-state index contributed by atoms with van der Waals surface area (Å²) in [4.78, 5) is 38.5. The maximum atomic E-state index is 12.6. The Labute approximate surface area is 170 Å². The number of rotatable bonds is 3. The lowest BCUT2D eigenvalue weighted by molar-refractivity contribution is -0.384. The van der Waals surface area contributed by atoms with Gasteiger partial charge in [0, 0.05) is 59.6 Å². The van der Waals surface area contributed by atoms with Crippen molar-refractivity contribution in [3.05, 3.63) is 68.2 Å². The number of hydrogen-bond acceptors (Lipinski definition) is 4. The van der Waals surface area contributed by atoms with Crippen molar-refractivity contribution in [3.8, 4) is 0 Å². The van der Waals surface area contributed by atoms with Crippen molar-refractivity contribution in [2.24, 2.45) is 0 Å². The second-order valence-corrected chi connectivity index (χ2v) is 7.05. The molecule has 3 amide bonds. The Hall–Kier alpha value is -2.84. The molecule has 2 aromatic carbocycles. The van der Waals surface area contributed by atoms with Gasteiger partial charge in [0.05, 0.1) is 4.92 Å². The summed E-state index contributed by atoms with van der Waals surface area (Å²) >= 11 is 11.9. The van der Waals surface area contributed by atoms with Crippen molar-refractivity contribution in [2.45, 2.75) is 0 Å². The van der Waals surface area contributed by atoms with Crippen LogP contribution < -0.4 is 5.32 Å². The molecule has 0 spiro atoms. The minimum absolute atomic E-state index is 0.103. The number of nitro benzene ring substituents is 1. The van der Waals surface area contributed by atoms with Gasteiger partial charge in [-0.25, -0.2) is 4.79 Å². The van der Waals surface area contributed by atoms with E-state index in [1.165, 1.54) is 18.2 Å². The molecule has 1 aliphatic heterocycles. The van der Waals surface area contributed by atoms with Crippen LogP contribution in [0.3, 0.4) is 0 Å². The minimum Gasteiger partial charge on any atom is -0.335 e. The van der Waals surface area contributed by atoms with Crippen molar-refractivity contribution in [2.75, 3.05) is 31.5 Å². The quantitative estimate of drug-likeness (QED) is 0.599. The lowest BCUT2D eigenvalue weighted by atomic mass is 10.2. The topological polar surface area (TPSA) is 95.8 Å². The van der Waals surface area contributed by atoms with Crippen molar-refractivity contribution < 1.29 is 14.5 Å². The Morgan fingerprint density at radius 1 is 0.964 bits per heavy atom. The van der Waals surface area contributed by atoms with Crippen LogP contribution in [-0.2, 0) is 0 Å². The van der Waals surface area contributed by atoms with Crippen LogP contribution in [0.2, 0.25) is 10.0 Å². The summed E-state index contributed by atoms with van der Waals surface area (Å²) in [6.45, 7) is 1.37. The minimum atomic E-state index is -0.526. The highest BCUT2D eigenvalue weighted by Gasteiger charge is 2.25. The number of benzene rings is 2. The lowest BCUT2D eigenvalue weighted by Crippen LogP contribution is -2.51. The fourth-order valence-electron chi connectivity index (χ4n) is 2.87. The van der Waals surface area contributed by atoms with E-state index in [9.17, 15) is 19.7 Å². The van der Waals surface area contributed by atoms with Crippen molar-refractivity contribution >= 4 is 46.5 Å². The van der Waals surface area contributed by atoms with E-state index < -0.39 is 4.92 Å². The van der Waals surface area contributed by atoms with Crippen molar-refractivity contribution in [1.29, 1.82) is 0 Å². The lowest BCUT2D eigenvalue weighted by Gasteiger charge is -2.34.